The average Bonchev–Trinajstić information content (AvgIpc) is 2.83. The predicted molar refractivity (Wildman–Crippen MR) is 79.3 cm³/mol. The summed E-state index contributed by atoms with van der Waals surface area (Å²) in [7, 11) is 1.98. The number of rotatable bonds is 5. The molecule has 0 radical (unpaired) electrons. The molecular formula is C15H28N4. The van der Waals surface area contributed by atoms with Crippen LogP contribution >= 0.6 is 0 Å². The van der Waals surface area contributed by atoms with Crippen molar-refractivity contribution in [2.24, 2.45) is 7.05 Å². The van der Waals surface area contributed by atoms with Crippen molar-refractivity contribution in [1.82, 2.24) is 20.0 Å². The summed E-state index contributed by atoms with van der Waals surface area (Å²) in [4.78, 5) is 2.67. The van der Waals surface area contributed by atoms with Gasteiger partial charge in [0.1, 0.15) is 0 Å². The van der Waals surface area contributed by atoms with E-state index >= 15 is 0 Å². The van der Waals surface area contributed by atoms with Gasteiger partial charge in [-0.1, -0.05) is 13.8 Å². The Bertz CT molecular complexity index is 401. The summed E-state index contributed by atoms with van der Waals surface area (Å²) in [5, 5.41) is 7.94. The van der Waals surface area contributed by atoms with Gasteiger partial charge in [0.15, 0.2) is 0 Å². The van der Waals surface area contributed by atoms with Crippen molar-refractivity contribution >= 4 is 0 Å². The first kappa shape index (κ1) is 14.5. The SMILES string of the molecule is CCC1CN(CCc2cnn(C)c2)C(C)(CC)CN1. The van der Waals surface area contributed by atoms with Gasteiger partial charge in [0.2, 0.25) is 0 Å². The lowest BCUT2D eigenvalue weighted by Gasteiger charge is -2.48. The minimum Gasteiger partial charge on any atom is -0.311 e. The molecule has 1 aliphatic rings. The fourth-order valence-corrected chi connectivity index (χ4v) is 2.88. The van der Waals surface area contributed by atoms with Crippen LogP contribution in [0.1, 0.15) is 39.2 Å². The predicted octanol–water partition coefficient (Wildman–Crippen LogP) is 1.82. The molecule has 1 aromatic rings. The first-order valence-corrected chi connectivity index (χ1v) is 7.53. The van der Waals surface area contributed by atoms with Crippen molar-refractivity contribution in [3.8, 4) is 0 Å². The standard InChI is InChI=1S/C15H28N4/c1-5-14-11-19(15(3,6-2)12-16-14)8-7-13-9-17-18(4)10-13/h9-10,14,16H,5-8,11-12H2,1-4H3. The van der Waals surface area contributed by atoms with Crippen LogP contribution in [0, 0.1) is 0 Å². The second kappa shape index (κ2) is 6.06. The Morgan fingerprint density at radius 1 is 1.47 bits per heavy atom. The second-order valence-electron chi connectivity index (χ2n) is 6.05. The normalized spacial score (nSPS) is 28.7. The van der Waals surface area contributed by atoms with E-state index in [4.69, 9.17) is 0 Å². The van der Waals surface area contributed by atoms with Crippen LogP contribution in [0.4, 0.5) is 0 Å². The Kier molecular flexibility index (Phi) is 4.63. The summed E-state index contributed by atoms with van der Waals surface area (Å²) < 4.78 is 1.89. The average molecular weight is 264 g/mol. The molecule has 1 aromatic heterocycles. The highest BCUT2D eigenvalue weighted by molar-refractivity contribution is 5.05. The van der Waals surface area contributed by atoms with Crippen LogP contribution in [0.5, 0.6) is 0 Å². The van der Waals surface area contributed by atoms with Crippen molar-refractivity contribution in [2.45, 2.75) is 51.6 Å². The molecule has 19 heavy (non-hydrogen) atoms. The summed E-state index contributed by atoms with van der Waals surface area (Å²) in [5.74, 6) is 0. The topological polar surface area (TPSA) is 33.1 Å². The minimum atomic E-state index is 0.299. The molecule has 1 saturated heterocycles. The summed E-state index contributed by atoms with van der Waals surface area (Å²) in [6.45, 7) is 10.4. The number of hydrogen-bond acceptors (Lipinski definition) is 3. The Morgan fingerprint density at radius 3 is 2.84 bits per heavy atom. The fraction of sp³-hybridized carbons (Fsp3) is 0.800. The Morgan fingerprint density at radius 2 is 2.26 bits per heavy atom. The lowest BCUT2D eigenvalue weighted by Crippen LogP contribution is -2.63. The number of piperazine rings is 1. The third kappa shape index (κ3) is 3.37. The van der Waals surface area contributed by atoms with E-state index in [1.165, 1.54) is 24.9 Å². The molecule has 4 heteroatoms. The van der Waals surface area contributed by atoms with E-state index in [9.17, 15) is 0 Å². The summed E-state index contributed by atoms with van der Waals surface area (Å²) in [6, 6.07) is 0.647. The number of nitrogens with one attached hydrogen (secondary N) is 1. The van der Waals surface area contributed by atoms with Gasteiger partial charge in [-0.15, -0.1) is 0 Å². The van der Waals surface area contributed by atoms with Gasteiger partial charge >= 0.3 is 0 Å². The van der Waals surface area contributed by atoms with Crippen LogP contribution in [0.3, 0.4) is 0 Å². The van der Waals surface area contributed by atoms with Gasteiger partial charge in [-0.2, -0.15) is 5.10 Å². The first-order chi connectivity index (χ1) is 9.07. The maximum Gasteiger partial charge on any atom is 0.0522 e. The molecule has 2 heterocycles. The molecule has 0 spiro atoms. The molecule has 1 fully saturated rings. The van der Waals surface area contributed by atoms with Gasteiger partial charge in [0, 0.05) is 44.5 Å². The highest BCUT2D eigenvalue weighted by Gasteiger charge is 2.35. The summed E-state index contributed by atoms with van der Waals surface area (Å²) in [6.07, 6.45) is 7.62. The first-order valence-electron chi connectivity index (χ1n) is 7.53. The van der Waals surface area contributed by atoms with E-state index < -0.39 is 0 Å². The summed E-state index contributed by atoms with van der Waals surface area (Å²) >= 11 is 0. The summed E-state index contributed by atoms with van der Waals surface area (Å²) in [5.41, 5.74) is 1.64. The van der Waals surface area contributed by atoms with Crippen molar-refractivity contribution in [2.75, 3.05) is 19.6 Å². The Labute approximate surface area is 117 Å². The second-order valence-corrected chi connectivity index (χ2v) is 6.05. The van der Waals surface area contributed by atoms with Crippen LogP contribution in [0.2, 0.25) is 0 Å². The molecule has 2 atom stereocenters. The van der Waals surface area contributed by atoms with Crippen molar-refractivity contribution in [3.63, 3.8) is 0 Å². The van der Waals surface area contributed by atoms with Crippen LogP contribution in [0.25, 0.3) is 0 Å². The quantitative estimate of drug-likeness (QED) is 0.880. The number of hydrogen-bond donors (Lipinski definition) is 1. The zero-order valence-electron chi connectivity index (χ0n) is 12.8. The van der Waals surface area contributed by atoms with Gasteiger partial charge in [-0.3, -0.25) is 9.58 Å². The molecule has 108 valence electrons. The highest BCUT2D eigenvalue weighted by atomic mass is 15.3. The minimum absolute atomic E-state index is 0.299. The molecule has 0 aromatic carbocycles. The zero-order chi connectivity index (χ0) is 13.9. The Balaban J connectivity index is 1.97. The van der Waals surface area contributed by atoms with Crippen molar-refractivity contribution in [1.29, 1.82) is 0 Å². The lowest BCUT2D eigenvalue weighted by molar-refractivity contribution is 0.0492. The maximum absolute atomic E-state index is 4.25. The highest BCUT2D eigenvalue weighted by Crippen LogP contribution is 2.23. The number of nitrogens with zero attached hydrogens (tertiary/aromatic N) is 3. The van der Waals surface area contributed by atoms with Crippen LogP contribution in [0.15, 0.2) is 12.4 Å². The molecule has 2 unspecified atom stereocenters. The monoisotopic (exact) mass is 264 g/mol. The van der Waals surface area contributed by atoms with E-state index in [1.807, 2.05) is 17.9 Å². The molecule has 1 N–H and O–H groups in total. The molecule has 0 amide bonds. The third-order valence-corrected chi connectivity index (χ3v) is 4.66. The molecule has 1 aliphatic heterocycles. The smallest absolute Gasteiger partial charge is 0.0522 e. The van der Waals surface area contributed by atoms with Gasteiger partial charge in [-0.05, 0) is 31.7 Å². The Hall–Kier alpha value is -0.870. The molecule has 2 rings (SSSR count). The lowest BCUT2D eigenvalue weighted by atomic mass is 9.91. The van der Waals surface area contributed by atoms with Gasteiger partial charge in [-0.25, -0.2) is 0 Å². The van der Waals surface area contributed by atoms with E-state index in [0.29, 0.717) is 11.6 Å². The van der Waals surface area contributed by atoms with Crippen LogP contribution < -0.4 is 5.32 Å². The molecular weight excluding hydrogens is 236 g/mol. The number of aromatic nitrogens is 2. The van der Waals surface area contributed by atoms with Crippen LogP contribution in [-0.2, 0) is 13.5 Å². The third-order valence-electron chi connectivity index (χ3n) is 4.66. The largest absolute Gasteiger partial charge is 0.311 e. The van der Waals surface area contributed by atoms with E-state index in [-0.39, 0.29) is 0 Å². The zero-order valence-corrected chi connectivity index (χ0v) is 12.8. The maximum atomic E-state index is 4.25. The van der Waals surface area contributed by atoms with Gasteiger partial charge in [0.25, 0.3) is 0 Å². The van der Waals surface area contributed by atoms with Gasteiger partial charge in [0.05, 0.1) is 6.20 Å². The van der Waals surface area contributed by atoms with Crippen LogP contribution in [-0.4, -0.2) is 45.9 Å². The van der Waals surface area contributed by atoms with Crippen molar-refractivity contribution in [3.05, 3.63) is 18.0 Å². The van der Waals surface area contributed by atoms with E-state index in [0.717, 1.165) is 19.5 Å². The van der Waals surface area contributed by atoms with Crippen molar-refractivity contribution < 1.29 is 0 Å². The fourth-order valence-electron chi connectivity index (χ4n) is 2.88. The van der Waals surface area contributed by atoms with E-state index in [1.54, 1.807) is 0 Å². The van der Waals surface area contributed by atoms with Gasteiger partial charge < -0.3 is 5.32 Å². The van der Waals surface area contributed by atoms with E-state index in [2.05, 4.69) is 42.3 Å². The molecule has 4 nitrogen and oxygen atoms in total. The molecule has 0 saturated carbocycles. The number of aryl methyl sites for hydroxylation is 1. The molecule has 0 bridgehead atoms. The molecule has 0 aliphatic carbocycles.